The summed E-state index contributed by atoms with van der Waals surface area (Å²) in [5.41, 5.74) is 0. The van der Waals surface area contributed by atoms with Gasteiger partial charge >= 0.3 is 116 Å². The molecule has 40 valence electrons. The van der Waals surface area contributed by atoms with E-state index in [1.807, 2.05) is 0 Å². The summed E-state index contributed by atoms with van der Waals surface area (Å²) in [5, 5.41) is 13.9. The van der Waals surface area contributed by atoms with Crippen LogP contribution in [-0.2, 0) is 0 Å². The maximum absolute atomic E-state index is 8.56. The standard InChI is InChI=1S/CH2O3.Bi.Ca.Sr.7H/c2-1(3)4;;;;;;;;;;/h(H2,2,3,4);;;;;;;;;;. The minimum absolute atomic E-state index is 0. The van der Waals surface area contributed by atoms with Crippen LogP contribution in [0.15, 0.2) is 0 Å². The minimum atomic E-state index is -1.83. The predicted molar refractivity (Wildman–Crippen MR) is 37.7 cm³/mol. The molecule has 0 saturated heterocycles. The molecule has 0 aromatic carbocycles. The Labute approximate surface area is 127 Å². The Morgan fingerprint density at radius 3 is 1.29 bits per heavy atom. The van der Waals surface area contributed by atoms with Gasteiger partial charge in [0, 0.05) is 0 Å². The van der Waals surface area contributed by atoms with Gasteiger partial charge in [0.05, 0.1) is 0 Å². The van der Waals surface area contributed by atoms with Crippen molar-refractivity contribution in [3.63, 3.8) is 0 Å². The third-order valence-electron chi connectivity index (χ3n) is 0. The van der Waals surface area contributed by atoms with E-state index in [4.69, 9.17) is 15.0 Å². The zero-order valence-electron chi connectivity index (χ0n) is 2.51. The Hall–Kier alpha value is 2.89. The van der Waals surface area contributed by atoms with Gasteiger partial charge in [-0.1, -0.05) is 0 Å². The fourth-order valence-corrected chi connectivity index (χ4v) is 0. The van der Waals surface area contributed by atoms with E-state index in [1.54, 1.807) is 0 Å². The number of hydrogen-bond donors (Lipinski definition) is 2. The summed E-state index contributed by atoms with van der Waals surface area (Å²) in [4.78, 5) is 8.56. The summed E-state index contributed by atoms with van der Waals surface area (Å²) in [6.07, 6.45) is -1.83. The van der Waals surface area contributed by atoms with Crippen molar-refractivity contribution in [1.82, 2.24) is 0 Å². The normalized spacial score (nSPS) is 3.43. The number of hydrogen-bond acceptors (Lipinski definition) is 1. The van der Waals surface area contributed by atoms with Crippen molar-refractivity contribution in [3.05, 3.63) is 0 Å². The van der Waals surface area contributed by atoms with Crippen molar-refractivity contribution < 1.29 is 15.0 Å². The van der Waals surface area contributed by atoms with Crippen LogP contribution >= 0.6 is 0 Å². The van der Waals surface area contributed by atoms with Gasteiger partial charge in [-0.3, -0.25) is 0 Å². The van der Waals surface area contributed by atoms with E-state index in [0.717, 1.165) is 0 Å². The number of carboxylic acid groups (broad SMARTS) is 2. The van der Waals surface area contributed by atoms with Crippen molar-refractivity contribution >= 4 is 116 Å². The predicted octanol–water partition coefficient (Wildman–Crippen LogP) is -2.79. The molecule has 0 atom stereocenters. The first-order valence-corrected chi connectivity index (χ1v) is 0.651. The molecule has 3 nitrogen and oxygen atoms in total. The second kappa shape index (κ2) is 16.0. The van der Waals surface area contributed by atoms with Gasteiger partial charge < -0.3 is 10.2 Å². The molecule has 0 unspecified atom stereocenters. The van der Waals surface area contributed by atoms with Gasteiger partial charge in [0.1, 0.15) is 0 Å². The Bertz CT molecular complexity index is 37.9. The summed E-state index contributed by atoms with van der Waals surface area (Å²) < 4.78 is 0. The van der Waals surface area contributed by atoms with Gasteiger partial charge in [-0.2, -0.15) is 0 Å². The topological polar surface area (TPSA) is 57.5 Å². The molecule has 0 aromatic rings. The van der Waals surface area contributed by atoms with Crippen molar-refractivity contribution in [2.45, 2.75) is 0 Å². The van der Waals surface area contributed by atoms with Crippen LogP contribution in [0.5, 0.6) is 0 Å². The molecule has 0 heterocycles. The van der Waals surface area contributed by atoms with Crippen LogP contribution in [0.3, 0.4) is 0 Å². The first-order valence-electron chi connectivity index (χ1n) is 0.651. The molecule has 2 N–H and O–H groups in total. The second-order valence-electron chi connectivity index (χ2n) is 0.283. The van der Waals surface area contributed by atoms with Crippen LogP contribution in [0, 0.1) is 0 Å². The molecule has 0 spiro atoms. The quantitative estimate of drug-likeness (QED) is 0.428. The molecule has 7 heavy (non-hydrogen) atoms. The van der Waals surface area contributed by atoms with E-state index in [0.29, 0.717) is 0 Å². The first-order chi connectivity index (χ1) is 1.73. The Morgan fingerprint density at radius 2 is 1.29 bits per heavy atom. The molecule has 6 heteroatoms. The van der Waals surface area contributed by atoms with Gasteiger partial charge in [0.25, 0.3) is 0 Å². The third-order valence-corrected chi connectivity index (χ3v) is 0. The number of rotatable bonds is 0. The van der Waals surface area contributed by atoms with Crippen LogP contribution in [0.4, 0.5) is 4.79 Å². The van der Waals surface area contributed by atoms with Crippen molar-refractivity contribution in [2.75, 3.05) is 0 Å². The van der Waals surface area contributed by atoms with E-state index in [2.05, 4.69) is 0 Å². The van der Waals surface area contributed by atoms with Gasteiger partial charge in [-0.25, -0.2) is 4.79 Å². The van der Waals surface area contributed by atoms with Crippen LogP contribution in [0.1, 0.15) is 0 Å². The van der Waals surface area contributed by atoms with E-state index in [-0.39, 0.29) is 109 Å². The molecule has 0 rings (SSSR count). The molecule has 0 saturated carbocycles. The fourth-order valence-electron chi connectivity index (χ4n) is 0. The fraction of sp³-hybridized carbons (Fsp3) is 0. The Morgan fingerprint density at radius 1 is 1.29 bits per heavy atom. The van der Waals surface area contributed by atoms with E-state index in [9.17, 15) is 0 Å². The van der Waals surface area contributed by atoms with Gasteiger partial charge in [0.15, 0.2) is 0 Å². The SMILES string of the molecule is O=C(O)O.[BiH3].[CaH2].[SrH2]. The van der Waals surface area contributed by atoms with Crippen molar-refractivity contribution in [3.8, 4) is 0 Å². The Kier molecular flexibility index (Phi) is 51.3. The maximum atomic E-state index is 8.56. The van der Waals surface area contributed by atoms with E-state index < -0.39 is 6.16 Å². The molecule has 0 bridgehead atoms. The zero-order chi connectivity index (χ0) is 3.58. The summed E-state index contributed by atoms with van der Waals surface area (Å²) >= 11 is 0. The average molecular weight is 406 g/mol. The van der Waals surface area contributed by atoms with Gasteiger partial charge in [-0.05, 0) is 0 Å². The average Bonchev–Trinajstić information content (AvgIpc) is 0.811. The van der Waals surface area contributed by atoms with E-state index >= 15 is 0 Å². The molecular weight excluding hydrogens is 397 g/mol. The molecule has 0 radical (unpaired) electrons. The summed E-state index contributed by atoms with van der Waals surface area (Å²) in [6.45, 7) is 0. The molecule has 0 fully saturated rings. The molecule has 0 aliphatic carbocycles. The summed E-state index contributed by atoms with van der Waals surface area (Å²) in [6, 6.07) is 0. The molecular formula is CH9BiCaO3Sr. The summed E-state index contributed by atoms with van der Waals surface area (Å²) in [7, 11) is 0. The van der Waals surface area contributed by atoms with Crippen molar-refractivity contribution in [1.29, 1.82) is 0 Å². The molecule has 0 aliphatic rings. The van der Waals surface area contributed by atoms with Gasteiger partial charge in [-0.15, -0.1) is 0 Å². The zero-order valence-corrected chi connectivity index (χ0v) is 8.01. The molecule has 0 amide bonds. The van der Waals surface area contributed by atoms with Crippen molar-refractivity contribution in [2.24, 2.45) is 0 Å². The molecule has 0 aromatic heterocycles. The van der Waals surface area contributed by atoms with E-state index in [1.165, 1.54) is 0 Å². The second-order valence-corrected chi connectivity index (χ2v) is 0.283. The first kappa shape index (κ1) is 22.5. The van der Waals surface area contributed by atoms with Crippen LogP contribution in [-0.4, -0.2) is 126 Å². The van der Waals surface area contributed by atoms with Crippen LogP contribution < -0.4 is 0 Å². The van der Waals surface area contributed by atoms with Gasteiger partial charge in [0.2, 0.25) is 0 Å². The summed E-state index contributed by atoms with van der Waals surface area (Å²) in [5.74, 6) is 0. The monoisotopic (exact) mass is 406 g/mol. The van der Waals surface area contributed by atoms with Crippen LogP contribution in [0.25, 0.3) is 0 Å². The van der Waals surface area contributed by atoms with Crippen LogP contribution in [0.2, 0.25) is 0 Å². The Balaban J connectivity index is -0.0000000150. The molecule has 0 aliphatic heterocycles. The number of carbonyl (C=O) groups is 1. The third kappa shape index (κ3) is 50.5.